The van der Waals surface area contributed by atoms with Gasteiger partial charge in [0.05, 0.1) is 6.04 Å². The van der Waals surface area contributed by atoms with Gasteiger partial charge in [-0.1, -0.05) is 23.8 Å². The Morgan fingerprint density at radius 2 is 1.96 bits per heavy atom. The Bertz CT molecular complexity index is 875. The molecule has 26 heavy (non-hydrogen) atoms. The summed E-state index contributed by atoms with van der Waals surface area (Å²) in [5, 5.41) is 16.9. The van der Waals surface area contributed by atoms with Gasteiger partial charge in [0.2, 0.25) is 11.6 Å². The van der Waals surface area contributed by atoms with Crippen molar-refractivity contribution >= 4 is 23.3 Å². The zero-order valence-electron chi connectivity index (χ0n) is 14.9. The smallest absolute Gasteiger partial charge is 0.274 e. The first-order valence-corrected chi connectivity index (χ1v) is 8.64. The lowest BCUT2D eigenvalue weighted by atomic mass is 9.83. The number of Topliss-reactive ketones (excluding diaryl/α,β-unsaturated/α-hetero) is 1. The molecule has 0 radical (unpaired) electrons. The highest BCUT2D eigenvalue weighted by molar-refractivity contribution is 6.16. The maximum Gasteiger partial charge on any atom is 0.274 e. The molecule has 136 valence electrons. The SMILES string of the molecule is CC(C)=C[C@@H]1N2C(=O)[C@H](C)NC(=O)[C@@]2(O)C[C@]12Nc1ccccc1C2=O. The number of rotatable bonds is 1. The first-order valence-electron chi connectivity index (χ1n) is 8.64. The summed E-state index contributed by atoms with van der Waals surface area (Å²) in [4.78, 5) is 39.9. The zero-order valence-corrected chi connectivity index (χ0v) is 14.9. The summed E-state index contributed by atoms with van der Waals surface area (Å²) in [5.41, 5.74) is -1.30. The summed E-state index contributed by atoms with van der Waals surface area (Å²) >= 11 is 0. The minimum Gasteiger partial charge on any atom is -0.370 e. The van der Waals surface area contributed by atoms with E-state index in [0.29, 0.717) is 11.3 Å². The van der Waals surface area contributed by atoms with E-state index in [2.05, 4.69) is 10.6 Å². The largest absolute Gasteiger partial charge is 0.370 e. The average molecular weight is 355 g/mol. The maximum absolute atomic E-state index is 13.3. The van der Waals surface area contributed by atoms with E-state index in [1.165, 1.54) is 4.90 Å². The third-order valence-electron chi connectivity index (χ3n) is 5.45. The van der Waals surface area contributed by atoms with Gasteiger partial charge < -0.3 is 15.7 Å². The number of carbonyl (C=O) groups excluding carboxylic acids is 3. The predicted octanol–water partition coefficient (Wildman–Crippen LogP) is 0.808. The van der Waals surface area contributed by atoms with Crippen LogP contribution in [0.25, 0.3) is 0 Å². The third-order valence-corrected chi connectivity index (χ3v) is 5.45. The van der Waals surface area contributed by atoms with Crippen LogP contribution in [0.15, 0.2) is 35.9 Å². The van der Waals surface area contributed by atoms with Gasteiger partial charge in [0.25, 0.3) is 5.91 Å². The van der Waals surface area contributed by atoms with Crippen molar-refractivity contribution < 1.29 is 19.5 Å². The highest BCUT2D eigenvalue weighted by atomic mass is 16.3. The molecule has 4 atom stereocenters. The van der Waals surface area contributed by atoms with Gasteiger partial charge in [-0.15, -0.1) is 0 Å². The van der Waals surface area contributed by atoms with E-state index in [-0.39, 0.29) is 12.2 Å². The summed E-state index contributed by atoms with van der Waals surface area (Å²) in [6.07, 6.45) is 1.57. The molecule has 0 unspecified atom stereocenters. The van der Waals surface area contributed by atoms with Gasteiger partial charge in [0.15, 0.2) is 5.78 Å². The Kier molecular flexibility index (Phi) is 3.34. The van der Waals surface area contributed by atoms with Crippen LogP contribution in [0, 0.1) is 0 Å². The van der Waals surface area contributed by atoms with Crippen molar-refractivity contribution in [3.63, 3.8) is 0 Å². The summed E-state index contributed by atoms with van der Waals surface area (Å²) in [6.45, 7) is 5.29. The minimum absolute atomic E-state index is 0.202. The fourth-order valence-electron chi connectivity index (χ4n) is 4.31. The van der Waals surface area contributed by atoms with E-state index in [4.69, 9.17) is 0 Å². The second-order valence-corrected chi connectivity index (χ2v) is 7.56. The number of aliphatic hydroxyl groups is 1. The molecule has 3 aliphatic heterocycles. The van der Waals surface area contributed by atoms with Gasteiger partial charge in [0, 0.05) is 17.7 Å². The number of nitrogens with zero attached hydrogens (tertiary/aromatic N) is 1. The number of piperazine rings is 1. The van der Waals surface area contributed by atoms with Crippen LogP contribution in [0.5, 0.6) is 0 Å². The molecular weight excluding hydrogens is 334 g/mol. The fraction of sp³-hybridized carbons (Fsp3) is 0.421. The van der Waals surface area contributed by atoms with Crippen molar-refractivity contribution in [1.82, 2.24) is 10.2 Å². The number of benzene rings is 1. The fourth-order valence-corrected chi connectivity index (χ4v) is 4.31. The molecule has 3 N–H and O–H groups in total. The average Bonchev–Trinajstić information content (AvgIpc) is 2.99. The molecule has 0 aliphatic carbocycles. The molecule has 2 fully saturated rings. The maximum atomic E-state index is 13.3. The quantitative estimate of drug-likeness (QED) is 0.648. The minimum atomic E-state index is -2.06. The Balaban J connectivity index is 1.92. The molecule has 3 aliphatic rings. The number of hydrogen-bond acceptors (Lipinski definition) is 5. The van der Waals surface area contributed by atoms with Crippen LogP contribution in [0.2, 0.25) is 0 Å². The van der Waals surface area contributed by atoms with Gasteiger partial charge >= 0.3 is 0 Å². The van der Waals surface area contributed by atoms with Gasteiger partial charge in [0.1, 0.15) is 11.6 Å². The van der Waals surface area contributed by atoms with Crippen LogP contribution in [0.4, 0.5) is 5.69 Å². The standard InChI is InChI=1S/C19H21N3O4/c1-10(2)8-14-18(15(23)12-6-4-5-7-13(12)21-18)9-19(26)17(25)20-11(3)16(24)22(14)19/h4-8,11,14,21,26H,9H2,1-3H3,(H,20,25)/t11-,14-,18-,19-/m0/s1. The van der Waals surface area contributed by atoms with Crippen LogP contribution >= 0.6 is 0 Å². The number of nitrogens with one attached hydrogen (secondary N) is 2. The van der Waals surface area contributed by atoms with Gasteiger partial charge in [-0.3, -0.25) is 19.3 Å². The molecule has 7 nitrogen and oxygen atoms in total. The van der Waals surface area contributed by atoms with Crippen LogP contribution in [0.3, 0.4) is 0 Å². The number of hydrogen-bond donors (Lipinski definition) is 3. The van der Waals surface area contributed by atoms with Gasteiger partial charge in [-0.2, -0.15) is 0 Å². The lowest BCUT2D eigenvalue weighted by molar-refractivity contribution is -0.179. The highest BCUT2D eigenvalue weighted by Crippen LogP contribution is 2.49. The number of ketones is 1. The monoisotopic (exact) mass is 355 g/mol. The van der Waals surface area contributed by atoms with Crippen molar-refractivity contribution in [2.45, 2.75) is 50.5 Å². The summed E-state index contributed by atoms with van der Waals surface area (Å²) in [6, 6.07) is 5.55. The van der Waals surface area contributed by atoms with Crippen molar-refractivity contribution in [1.29, 1.82) is 0 Å². The number of amides is 2. The molecule has 1 aromatic carbocycles. The normalized spacial score (nSPS) is 35.1. The van der Waals surface area contributed by atoms with Gasteiger partial charge in [-0.25, -0.2) is 0 Å². The Labute approximate surface area is 151 Å². The van der Waals surface area contributed by atoms with Crippen LogP contribution in [-0.4, -0.2) is 51.0 Å². The van der Waals surface area contributed by atoms with Crippen LogP contribution in [0.1, 0.15) is 37.6 Å². The molecule has 4 rings (SSSR count). The molecule has 0 bridgehead atoms. The third kappa shape index (κ3) is 1.94. The van der Waals surface area contributed by atoms with E-state index in [9.17, 15) is 19.5 Å². The molecule has 1 spiro atoms. The summed E-state index contributed by atoms with van der Waals surface area (Å²) < 4.78 is 0. The molecular formula is C19H21N3O4. The van der Waals surface area contributed by atoms with Crippen LogP contribution in [-0.2, 0) is 9.59 Å². The number of allylic oxidation sites excluding steroid dienone is 1. The number of para-hydroxylation sites is 1. The lowest BCUT2D eigenvalue weighted by Crippen LogP contribution is -2.69. The Morgan fingerprint density at radius 3 is 2.62 bits per heavy atom. The predicted molar refractivity (Wildman–Crippen MR) is 94.4 cm³/mol. The molecule has 7 heteroatoms. The Hall–Kier alpha value is -2.67. The molecule has 3 heterocycles. The highest BCUT2D eigenvalue weighted by Gasteiger charge is 2.70. The van der Waals surface area contributed by atoms with Crippen molar-refractivity contribution in [2.24, 2.45) is 0 Å². The number of carbonyl (C=O) groups is 3. The van der Waals surface area contributed by atoms with Crippen molar-refractivity contribution in [2.75, 3.05) is 5.32 Å². The molecule has 1 aromatic rings. The van der Waals surface area contributed by atoms with Crippen molar-refractivity contribution in [3.8, 4) is 0 Å². The van der Waals surface area contributed by atoms with Crippen molar-refractivity contribution in [3.05, 3.63) is 41.5 Å². The first kappa shape index (κ1) is 16.8. The topological polar surface area (TPSA) is 98.7 Å². The van der Waals surface area contributed by atoms with E-state index in [1.54, 1.807) is 31.2 Å². The summed E-state index contributed by atoms with van der Waals surface area (Å²) in [5.74, 6) is -1.28. The second-order valence-electron chi connectivity index (χ2n) is 7.56. The Morgan fingerprint density at radius 1 is 1.27 bits per heavy atom. The molecule has 2 amide bonds. The zero-order chi connectivity index (χ0) is 18.9. The molecule has 0 saturated carbocycles. The number of anilines is 1. The second kappa shape index (κ2) is 5.17. The van der Waals surface area contributed by atoms with Crippen LogP contribution < -0.4 is 10.6 Å². The lowest BCUT2D eigenvalue weighted by Gasteiger charge is -2.41. The van der Waals surface area contributed by atoms with Gasteiger partial charge in [-0.05, 0) is 32.9 Å². The van der Waals surface area contributed by atoms with E-state index < -0.39 is 35.2 Å². The van der Waals surface area contributed by atoms with E-state index in [0.717, 1.165) is 5.57 Å². The molecule has 0 aromatic heterocycles. The summed E-state index contributed by atoms with van der Waals surface area (Å²) in [7, 11) is 0. The first-order chi connectivity index (χ1) is 12.2. The molecule has 2 saturated heterocycles. The van der Waals surface area contributed by atoms with E-state index in [1.807, 2.05) is 19.9 Å². The number of fused-ring (bicyclic) bond motifs is 2. The van der Waals surface area contributed by atoms with E-state index >= 15 is 0 Å².